The Kier molecular flexibility index (Phi) is 7.78. The molecule has 3 rings (SSSR count). The first kappa shape index (κ1) is 22.5. The summed E-state index contributed by atoms with van der Waals surface area (Å²) in [6, 6.07) is 11.7. The number of nitrogens with zero attached hydrogens (tertiary/aromatic N) is 2. The van der Waals surface area contributed by atoms with Crippen LogP contribution in [0.25, 0.3) is 6.08 Å². The van der Waals surface area contributed by atoms with Gasteiger partial charge in [0.1, 0.15) is 11.5 Å². The number of hydrogen-bond acceptors (Lipinski definition) is 6. The standard InChI is InChI=1S/C24H30N2O5/c1-28-20-8-5-18(6-9-20)17-25-11-13-26(14-12-25)24(27)10-7-19-15-22(30-3)23(31-4)16-21(19)29-2/h5-10,15-16H,11-14,17H2,1-4H3/b10-7+. The van der Waals surface area contributed by atoms with E-state index in [9.17, 15) is 4.79 Å². The second-order valence-corrected chi connectivity index (χ2v) is 7.23. The summed E-state index contributed by atoms with van der Waals surface area (Å²) in [5.74, 6) is 2.63. The third-order valence-corrected chi connectivity index (χ3v) is 5.39. The lowest BCUT2D eigenvalue weighted by Gasteiger charge is -2.34. The molecular weight excluding hydrogens is 396 g/mol. The molecule has 0 aromatic heterocycles. The average Bonchev–Trinajstić information content (AvgIpc) is 2.82. The molecule has 166 valence electrons. The van der Waals surface area contributed by atoms with Gasteiger partial charge >= 0.3 is 0 Å². The van der Waals surface area contributed by atoms with Crippen molar-refractivity contribution in [2.75, 3.05) is 54.6 Å². The molecule has 7 nitrogen and oxygen atoms in total. The van der Waals surface area contributed by atoms with Crippen molar-refractivity contribution >= 4 is 12.0 Å². The van der Waals surface area contributed by atoms with E-state index in [1.54, 1.807) is 52.7 Å². The Balaban J connectivity index is 1.57. The zero-order valence-electron chi connectivity index (χ0n) is 18.6. The summed E-state index contributed by atoms with van der Waals surface area (Å²) in [6.07, 6.45) is 3.34. The minimum atomic E-state index is -0.0130. The summed E-state index contributed by atoms with van der Waals surface area (Å²) in [5, 5.41) is 0. The Bertz CT molecular complexity index is 903. The largest absolute Gasteiger partial charge is 0.497 e. The second kappa shape index (κ2) is 10.7. The summed E-state index contributed by atoms with van der Waals surface area (Å²) >= 11 is 0. The molecule has 0 atom stereocenters. The zero-order chi connectivity index (χ0) is 22.2. The molecule has 1 fully saturated rings. The molecule has 0 bridgehead atoms. The third kappa shape index (κ3) is 5.70. The van der Waals surface area contributed by atoms with Gasteiger partial charge in [-0.05, 0) is 29.8 Å². The number of methoxy groups -OCH3 is 4. The molecule has 0 saturated carbocycles. The van der Waals surface area contributed by atoms with Crippen LogP contribution in [0.15, 0.2) is 42.5 Å². The van der Waals surface area contributed by atoms with Gasteiger partial charge in [-0.3, -0.25) is 9.69 Å². The molecule has 1 aliphatic rings. The Labute approximate surface area is 183 Å². The van der Waals surface area contributed by atoms with Crippen molar-refractivity contribution in [3.05, 3.63) is 53.6 Å². The minimum Gasteiger partial charge on any atom is -0.497 e. The molecule has 2 aromatic carbocycles. The highest BCUT2D eigenvalue weighted by Gasteiger charge is 2.20. The van der Waals surface area contributed by atoms with E-state index < -0.39 is 0 Å². The van der Waals surface area contributed by atoms with E-state index in [0.717, 1.165) is 30.9 Å². The number of ether oxygens (including phenoxy) is 4. The van der Waals surface area contributed by atoms with E-state index in [0.29, 0.717) is 30.3 Å². The van der Waals surface area contributed by atoms with Crippen molar-refractivity contribution in [1.82, 2.24) is 9.80 Å². The van der Waals surface area contributed by atoms with Crippen LogP contribution in [0.3, 0.4) is 0 Å². The number of carbonyl (C=O) groups excluding carboxylic acids is 1. The van der Waals surface area contributed by atoms with Gasteiger partial charge in [0.05, 0.1) is 28.4 Å². The number of hydrogen-bond donors (Lipinski definition) is 0. The first-order chi connectivity index (χ1) is 15.1. The molecule has 0 N–H and O–H groups in total. The zero-order valence-corrected chi connectivity index (χ0v) is 18.6. The molecule has 31 heavy (non-hydrogen) atoms. The number of amides is 1. The molecule has 0 aliphatic carbocycles. The number of piperazine rings is 1. The molecule has 1 heterocycles. The van der Waals surface area contributed by atoms with Crippen LogP contribution in [-0.2, 0) is 11.3 Å². The van der Waals surface area contributed by atoms with Gasteiger partial charge in [-0.1, -0.05) is 12.1 Å². The Morgan fingerprint density at radius 2 is 1.45 bits per heavy atom. The third-order valence-electron chi connectivity index (χ3n) is 5.39. The molecule has 0 radical (unpaired) electrons. The van der Waals surface area contributed by atoms with Gasteiger partial charge in [-0.25, -0.2) is 0 Å². The van der Waals surface area contributed by atoms with Crippen LogP contribution >= 0.6 is 0 Å². The van der Waals surface area contributed by atoms with Gasteiger partial charge in [0.15, 0.2) is 11.5 Å². The first-order valence-electron chi connectivity index (χ1n) is 10.2. The lowest BCUT2D eigenvalue weighted by molar-refractivity contribution is -0.127. The van der Waals surface area contributed by atoms with Crippen LogP contribution in [0.4, 0.5) is 0 Å². The summed E-state index contributed by atoms with van der Waals surface area (Å²) < 4.78 is 21.3. The first-order valence-corrected chi connectivity index (χ1v) is 10.2. The fourth-order valence-corrected chi connectivity index (χ4v) is 3.57. The molecule has 1 aliphatic heterocycles. The van der Waals surface area contributed by atoms with E-state index in [4.69, 9.17) is 18.9 Å². The smallest absolute Gasteiger partial charge is 0.246 e. The van der Waals surface area contributed by atoms with Crippen molar-refractivity contribution in [1.29, 1.82) is 0 Å². The molecule has 2 aromatic rings. The van der Waals surface area contributed by atoms with Crippen molar-refractivity contribution < 1.29 is 23.7 Å². The van der Waals surface area contributed by atoms with Gasteiger partial charge in [0.2, 0.25) is 5.91 Å². The molecule has 1 amide bonds. The maximum absolute atomic E-state index is 12.7. The topological polar surface area (TPSA) is 60.5 Å². The van der Waals surface area contributed by atoms with Gasteiger partial charge < -0.3 is 23.8 Å². The van der Waals surface area contributed by atoms with E-state index in [2.05, 4.69) is 17.0 Å². The molecule has 1 saturated heterocycles. The normalized spacial score (nSPS) is 14.5. The second-order valence-electron chi connectivity index (χ2n) is 7.23. The number of benzene rings is 2. The maximum atomic E-state index is 12.7. The van der Waals surface area contributed by atoms with Gasteiger partial charge in [0.25, 0.3) is 0 Å². The highest BCUT2D eigenvalue weighted by molar-refractivity contribution is 5.92. The Hall–Kier alpha value is -3.19. The minimum absolute atomic E-state index is 0.0130. The van der Waals surface area contributed by atoms with Crippen molar-refractivity contribution in [2.24, 2.45) is 0 Å². The van der Waals surface area contributed by atoms with Gasteiger partial charge in [-0.2, -0.15) is 0 Å². The fourth-order valence-electron chi connectivity index (χ4n) is 3.57. The van der Waals surface area contributed by atoms with Crippen LogP contribution < -0.4 is 18.9 Å². The Morgan fingerprint density at radius 1 is 0.839 bits per heavy atom. The fraction of sp³-hybridized carbons (Fsp3) is 0.375. The van der Waals surface area contributed by atoms with E-state index in [1.165, 1.54) is 5.56 Å². The average molecular weight is 427 g/mol. The van der Waals surface area contributed by atoms with Crippen molar-refractivity contribution in [3.63, 3.8) is 0 Å². The number of carbonyl (C=O) groups is 1. The van der Waals surface area contributed by atoms with Crippen LogP contribution in [0.5, 0.6) is 23.0 Å². The van der Waals surface area contributed by atoms with E-state index >= 15 is 0 Å². The van der Waals surface area contributed by atoms with Gasteiger partial charge in [0, 0.05) is 50.4 Å². The SMILES string of the molecule is COc1ccc(CN2CCN(C(=O)/C=C/c3cc(OC)c(OC)cc3OC)CC2)cc1. The van der Waals surface area contributed by atoms with Crippen LogP contribution in [-0.4, -0.2) is 70.3 Å². The van der Waals surface area contributed by atoms with Crippen molar-refractivity contribution in [3.8, 4) is 23.0 Å². The van der Waals surface area contributed by atoms with E-state index in [1.807, 2.05) is 17.0 Å². The Morgan fingerprint density at radius 3 is 2.03 bits per heavy atom. The highest BCUT2D eigenvalue weighted by Crippen LogP contribution is 2.35. The summed E-state index contributed by atoms with van der Waals surface area (Å²) in [4.78, 5) is 16.9. The molecule has 0 spiro atoms. The highest BCUT2D eigenvalue weighted by atomic mass is 16.5. The predicted molar refractivity (Wildman–Crippen MR) is 120 cm³/mol. The summed E-state index contributed by atoms with van der Waals surface area (Å²) in [7, 11) is 6.41. The number of rotatable bonds is 8. The molecule has 0 unspecified atom stereocenters. The molecule has 7 heteroatoms. The predicted octanol–water partition coefficient (Wildman–Crippen LogP) is 3.08. The van der Waals surface area contributed by atoms with Crippen LogP contribution in [0.1, 0.15) is 11.1 Å². The maximum Gasteiger partial charge on any atom is 0.246 e. The summed E-state index contributed by atoms with van der Waals surface area (Å²) in [6.45, 7) is 3.94. The van der Waals surface area contributed by atoms with E-state index in [-0.39, 0.29) is 5.91 Å². The monoisotopic (exact) mass is 426 g/mol. The van der Waals surface area contributed by atoms with Crippen molar-refractivity contribution in [2.45, 2.75) is 6.54 Å². The van der Waals surface area contributed by atoms with Gasteiger partial charge in [-0.15, -0.1) is 0 Å². The van der Waals surface area contributed by atoms with Crippen LogP contribution in [0.2, 0.25) is 0 Å². The molecular formula is C24H30N2O5. The lowest BCUT2D eigenvalue weighted by atomic mass is 10.1. The van der Waals surface area contributed by atoms with Crippen LogP contribution in [0, 0.1) is 0 Å². The summed E-state index contributed by atoms with van der Waals surface area (Å²) in [5.41, 5.74) is 1.99. The lowest BCUT2D eigenvalue weighted by Crippen LogP contribution is -2.47. The quantitative estimate of drug-likeness (QED) is 0.605.